The molecule has 0 fully saturated rings. The Bertz CT molecular complexity index is 226. The molecule has 0 amide bonds. The fourth-order valence-electron chi connectivity index (χ4n) is 1.11. The molecule has 1 heteroatoms. The summed E-state index contributed by atoms with van der Waals surface area (Å²) >= 11 is 0. The SMILES string of the molecule is CC1=CC=CC1.CC1=CC=CC1.[Ru]. The van der Waals surface area contributed by atoms with Gasteiger partial charge in [0.05, 0.1) is 0 Å². The number of hydrogen-bond acceptors (Lipinski definition) is 0. The van der Waals surface area contributed by atoms with Crippen LogP contribution in [-0.2, 0) is 19.5 Å². The largest absolute Gasteiger partial charge is 0.0805 e. The zero-order valence-electron chi connectivity index (χ0n) is 8.23. The molecule has 0 atom stereocenters. The van der Waals surface area contributed by atoms with Gasteiger partial charge in [0.1, 0.15) is 0 Å². The van der Waals surface area contributed by atoms with E-state index in [1.54, 1.807) is 0 Å². The van der Waals surface area contributed by atoms with E-state index in [1.165, 1.54) is 24.0 Å². The fraction of sp³-hybridized carbons (Fsp3) is 0.333. The molecule has 0 aliphatic heterocycles. The van der Waals surface area contributed by atoms with Crippen molar-refractivity contribution in [2.45, 2.75) is 26.7 Å². The van der Waals surface area contributed by atoms with E-state index in [0.717, 1.165) is 0 Å². The molecule has 0 aromatic carbocycles. The molecule has 0 N–H and O–H groups in total. The number of rotatable bonds is 0. The minimum atomic E-state index is 0. The first kappa shape index (κ1) is 12.6. The Morgan fingerprint density at radius 3 is 1.31 bits per heavy atom. The summed E-state index contributed by atoms with van der Waals surface area (Å²) in [4.78, 5) is 0. The Kier molecular flexibility index (Phi) is 6.81. The predicted octanol–water partition coefficient (Wildman–Crippen LogP) is 3.78. The number of allylic oxidation sites excluding steroid dienone is 8. The van der Waals surface area contributed by atoms with Gasteiger partial charge in [0.25, 0.3) is 0 Å². The van der Waals surface area contributed by atoms with Gasteiger partial charge in [0.2, 0.25) is 0 Å². The van der Waals surface area contributed by atoms with E-state index in [2.05, 4.69) is 50.3 Å². The average molecular weight is 261 g/mol. The van der Waals surface area contributed by atoms with Crippen molar-refractivity contribution in [3.8, 4) is 0 Å². The maximum Gasteiger partial charge on any atom is 0 e. The van der Waals surface area contributed by atoms with Crippen LogP contribution in [0.2, 0.25) is 0 Å². The van der Waals surface area contributed by atoms with Gasteiger partial charge in [-0.15, -0.1) is 0 Å². The zero-order chi connectivity index (χ0) is 8.81. The molecule has 0 radical (unpaired) electrons. The second-order valence-electron chi connectivity index (χ2n) is 3.29. The van der Waals surface area contributed by atoms with Crippen LogP contribution in [0.4, 0.5) is 0 Å². The third-order valence-corrected chi connectivity index (χ3v) is 1.91. The average Bonchev–Trinajstić information content (AvgIpc) is 2.63. The van der Waals surface area contributed by atoms with Gasteiger partial charge in [0, 0.05) is 19.5 Å². The molecule has 0 saturated heterocycles. The molecule has 0 aromatic heterocycles. The van der Waals surface area contributed by atoms with Crippen LogP contribution in [0.25, 0.3) is 0 Å². The summed E-state index contributed by atoms with van der Waals surface area (Å²) in [6.45, 7) is 4.28. The quantitative estimate of drug-likeness (QED) is 0.582. The van der Waals surface area contributed by atoms with E-state index in [0.29, 0.717) is 0 Å². The molecule has 0 heterocycles. The van der Waals surface area contributed by atoms with Gasteiger partial charge in [0.15, 0.2) is 0 Å². The van der Waals surface area contributed by atoms with Gasteiger partial charge in [-0.1, -0.05) is 47.6 Å². The summed E-state index contributed by atoms with van der Waals surface area (Å²) in [7, 11) is 0. The molecule has 0 aromatic rings. The fourth-order valence-corrected chi connectivity index (χ4v) is 1.11. The molecule has 0 saturated carbocycles. The Morgan fingerprint density at radius 1 is 0.846 bits per heavy atom. The summed E-state index contributed by atoms with van der Waals surface area (Å²) < 4.78 is 0. The van der Waals surface area contributed by atoms with E-state index >= 15 is 0 Å². The van der Waals surface area contributed by atoms with Gasteiger partial charge in [-0.3, -0.25) is 0 Å². The van der Waals surface area contributed by atoms with Gasteiger partial charge in [-0.05, 0) is 26.7 Å². The van der Waals surface area contributed by atoms with Crippen LogP contribution in [0.5, 0.6) is 0 Å². The Hall–Kier alpha value is -0.417. The van der Waals surface area contributed by atoms with E-state index < -0.39 is 0 Å². The minimum absolute atomic E-state index is 0. The van der Waals surface area contributed by atoms with Crippen molar-refractivity contribution in [1.82, 2.24) is 0 Å². The zero-order valence-corrected chi connectivity index (χ0v) is 9.97. The molecule has 13 heavy (non-hydrogen) atoms. The van der Waals surface area contributed by atoms with Crippen molar-refractivity contribution in [3.63, 3.8) is 0 Å². The number of hydrogen-bond donors (Lipinski definition) is 0. The van der Waals surface area contributed by atoms with E-state index in [1.807, 2.05) is 0 Å². The Morgan fingerprint density at radius 2 is 1.23 bits per heavy atom. The molecular weight excluding hydrogens is 245 g/mol. The van der Waals surface area contributed by atoms with Gasteiger partial charge >= 0.3 is 0 Å². The van der Waals surface area contributed by atoms with Crippen LogP contribution in [0, 0.1) is 0 Å². The molecule has 0 bridgehead atoms. The van der Waals surface area contributed by atoms with Gasteiger partial charge in [-0.2, -0.15) is 0 Å². The molecular formula is C12H16Ru. The van der Waals surface area contributed by atoms with Crippen LogP contribution in [0.1, 0.15) is 26.7 Å². The molecule has 0 nitrogen and oxygen atoms in total. The third kappa shape index (κ3) is 5.77. The maximum absolute atomic E-state index is 2.16. The van der Waals surface area contributed by atoms with Crippen molar-refractivity contribution >= 4 is 0 Å². The Labute approximate surface area is 93.9 Å². The van der Waals surface area contributed by atoms with E-state index in [4.69, 9.17) is 0 Å². The van der Waals surface area contributed by atoms with Crippen LogP contribution in [0.15, 0.2) is 47.6 Å². The van der Waals surface area contributed by atoms with Crippen molar-refractivity contribution in [2.75, 3.05) is 0 Å². The first-order chi connectivity index (χ1) is 5.79. The van der Waals surface area contributed by atoms with E-state index in [-0.39, 0.29) is 19.5 Å². The van der Waals surface area contributed by atoms with Gasteiger partial charge < -0.3 is 0 Å². The molecule has 2 aliphatic carbocycles. The smallest absolute Gasteiger partial charge is 0 e. The maximum atomic E-state index is 2.16. The second-order valence-corrected chi connectivity index (χ2v) is 3.29. The summed E-state index contributed by atoms with van der Waals surface area (Å²) in [5.74, 6) is 0. The van der Waals surface area contributed by atoms with Crippen molar-refractivity contribution in [3.05, 3.63) is 47.6 Å². The first-order valence-electron chi connectivity index (χ1n) is 4.43. The molecule has 72 valence electrons. The molecule has 2 aliphatic rings. The molecule has 0 unspecified atom stereocenters. The van der Waals surface area contributed by atoms with Crippen LogP contribution >= 0.6 is 0 Å². The van der Waals surface area contributed by atoms with Crippen molar-refractivity contribution in [2.24, 2.45) is 0 Å². The summed E-state index contributed by atoms with van der Waals surface area (Å²) in [6, 6.07) is 0. The predicted molar refractivity (Wildman–Crippen MR) is 55.0 cm³/mol. The third-order valence-electron chi connectivity index (χ3n) is 1.91. The monoisotopic (exact) mass is 262 g/mol. The standard InChI is InChI=1S/2C6H8.Ru/c2*1-6-4-2-3-5-6;/h2*2-4H,5H2,1H3;. The molecule has 0 spiro atoms. The summed E-state index contributed by atoms with van der Waals surface area (Å²) in [5.41, 5.74) is 2.94. The van der Waals surface area contributed by atoms with Crippen molar-refractivity contribution < 1.29 is 19.5 Å². The topological polar surface area (TPSA) is 0 Å². The van der Waals surface area contributed by atoms with Crippen LogP contribution in [-0.4, -0.2) is 0 Å². The van der Waals surface area contributed by atoms with E-state index in [9.17, 15) is 0 Å². The first-order valence-corrected chi connectivity index (χ1v) is 4.43. The second kappa shape index (κ2) is 7.03. The van der Waals surface area contributed by atoms with Crippen LogP contribution in [0.3, 0.4) is 0 Å². The normalized spacial score (nSPS) is 17.1. The molecule has 2 rings (SSSR count). The van der Waals surface area contributed by atoms with Gasteiger partial charge in [-0.25, -0.2) is 0 Å². The summed E-state index contributed by atoms with van der Waals surface area (Å²) in [6.07, 6.45) is 15.1. The summed E-state index contributed by atoms with van der Waals surface area (Å²) in [5, 5.41) is 0. The van der Waals surface area contributed by atoms with Crippen molar-refractivity contribution in [1.29, 1.82) is 0 Å². The Balaban J connectivity index is 0.000000206. The minimum Gasteiger partial charge on any atom is -0.0805 e. The van der Waals surface area contributed by atoms with Crippen LogP contribution < -0.4 is 0 Å².